The molecule has 1 aliphatic heterocycles. The van der Waals surface area contributed by atoms with Crippen LogP contribution in [-0.2, 0) is 22.5 Å². The molecule has 2 unspecified atom stereocenters. The fourth-order valence-corrected chi connectivity index (χ4v) is 2.17. The number of aromatic nitrogens is 3. The number of methoxy groups -OCH3 is 1. The Morgan fingerprint density at radius 1 is 1.61 bits per heavy atom. The van der Waals surface area contributed by atoms with Crippen LogP contribution in [-0.4, -0.2) is 40.4 Å². The zero-order valence-corrected chi connectivity index (χ0v) is 10.7. The number of hydrogen-bond acceptors (Lipinski definition) is 5. The van der Waals surface area contributed by atoms with Gasteiger partial charge in [0.2, 0.25) is 0 Å². The van der Waals surface area contributed by atoms with Gasteiger partial charge < -0.3 is 20.4 Å². The minimum Gasteiger partial charge on any atom is -0.370 e. The summed E-state index contributed by atoms with van der Waals surface area (Å²) in [6.45, 7) is 2.96. The van der Waals surface area contributed by atoms with Crippen LogP contribution in [0.2, 0.25) is 0 Å². The van der Waals surface area contributed by atoms with Gasteiger partial charge in [-0.2, -0.15) is 0 Å². The molecule has 0 bridgehead atoms. The van der Waals surface area contributed by atoms with E-state index in [9.17, 15) is 4.79 Å². The molecule has 1 aromatic heterocycles. The second-order valence-corrected chi connectivity index (χ2v) is 4.42. The number of nitrogens with two attached hydrogens (primary N) is 1. The van der Waals surface area contributed by atoms with Gasteiger partial charge in [-0.1, -0.05) is 0 Å². The molecule has 0 saturated heterocycles. The SMILES string of the molecule is COC(CN)C(=O)NC(C)c1nnc2n1CCC2. The standard InChI is InChI=1S/C11H19N5O2/c1-7(13-11(17)8(6-12)18-2)10-15-14-9-4-3-5-16(9)10/h7-8H,3-6,12H2,1-2H3,(H,13,17). The summed E-state index contributed by atoms with van der Waals surface area (Å²) in [5, 5.41) is 11.1. The average molecular weight is 253 g/mol. The molecule has 0 saturated carbocycles. The molecule has 18 heavy (non-hydrogen) atoms. The molecule has 2 rings (SSSR count). The van der Waals surface area contributed by atoms with E-state index in [0.29, 0.717) is 0 Å². The number of hydrogen-bond donors (Lipinski definition) is 2. The van der Waals surface area contributed by atoms with Crippen LogP contribution in [0.15, 0.2) is 0 Å². The van der Waals surface area contributed by atoms with E-state index in [1.54, 1.807) is 0 Å². The molecule has 1 aliphatic rings. The van der Waals surface area contributed by atoms with E-state index in [2.05, 4.69) is 20.1 Å². The molecular weight excluding hydrogens is 234 g/mol. The lowest BCUT2D eigenvalue weighted by atomic mass is 10.2. The number of carbonyl (C=O) groups is 1. The maximum atomic E-state index is 11.8. The Morgan fingerprint density at radius 2 is 2.39 bits per heavy atom. The molecule has 3 N–H and O–H groups in total. The highest BCUT2D eigenvalue weighted by atomic mass is 16.5. The summed E-state index contributed by atoms with van der Waals surface area (Å²) in [4.78, 5) is 11.8. The Balaban J connectivity index is 2.03. The maximum Gasteiger partial charge on any atom is 0.251 e. The monoisotopic (exact) mass is 253 g/mol. The van der Waals surface area contributed by atoms with E-state index in [1.807, 2.05) is 6.92 Å². The molecule has 7 heteroatoms. The number of carbonyl (C=O) groups excluding carboxylic acids is 1. The first-order chi connectivity index (χ1) is 8.67. The van der Waals surface area contributed by atoms with Crippen LogP contribution in [0.3, 0.4) is 0 Å². The highest BCUT2D eigenvalue weighted by Gasteiger charge is 2.24. The Hall–Kier alpha value is -1.47. The van der Waals surface area contributed by atoms with Crippen molar-refractivity contribution in [1.29, 1.82) is 0 Å². The minimum absolute atomic E-state index is 0.160. The summed E-state index contributed by atoms with van der Waals surface area (Å²) in [6.07, 6.45) is 1.42. The molecule has 1 aromatic rings. The molecule has 1 amide bonds. The fourth-order valence-electron chi connectivity index (χ4n) is 2.17. The highest BCUT2D eigenvalue weighted by molar-refractivity contribution is 5.81. The largest absolute Gasteiger partial charge is 0.370 e. The van der Waals surface area contributed by atoms with Crippen molar-refractivity contribution in [1.82, 2.24) is 20.1 Å². The lowest BCUT2D eigenvalue weighted by molar-refractivity contribution is -0.131. The second kappa shape index (κ2) is 5.45. The predicted molar refractivity (Wildman–Crippen MR) is 64.8 cm³/mol. The first kappa shape index (κ1) is 13.0. The normalized spacial score (nSPS) is 17.3. The molecule has 7 nitrogen and oxygen atoms in total. The van der Waals surface area contributed by atoms with Crippen molar-refractivity contribution in [3.8, 4) is 0 Å². The van der Waals surface area contributed by atoms with E-state index in [4.69, 9.17) is 10.5 Å². The summed E-state index contributed by atoms with van der Waals surface area (Å²) in [6, 6.07) is -0.193. The molecular formula is C11H19N5O2. The molecule has 2 atom stereocenters. The van der Waals surface area contributed by atoms with Gasteiger partial charge in [0.05, 0.1) is 6.04 Å². The maximum absolute atomic E-state index is 11.8. The Labute approximate surface area is 106 Å². The van der Waals surface area contributed by atoms with Gasteiger partial charge in [0.1, 0.15) is 11.9 Å². The average Bonchev–Trinajstić information content (AvgIpc) is 2.91. The third-order valence-corrected chi connectivity index (χ3v) is 3.18. The third-order valence-electron chi connectivity index (χ3n) is 3.18. The summed E-state index contributed by atoms with van der Waals surface area (Å²) >= 11 is 0. The second-order valence-electron chi connectivity index (χ2n) is 4.42. The van der Waals surface area contributed by atoms with Gasteiger partial charge >= 0.3 is 0 Å². The first-order valence-electron chi connectivity index (χ1n) is 6.12. The number of rotatable bonds is 5. The predicted octanol–water partition coefficient (Wildman–Crippen LogP) is -0.625. The highest BCUT2D eigenvalue weighted by Crippen LogP contribution is 2.18. The third kappa shape index (κ3) is 2.37. The van der Waals surface area contributed by atoms with Crippen molar-refractivity contribution >= 4 is 5.91 Å². The van der Waals surface area contributed by atoms with E-state index >= 15 is 0 Å². The van der Waals surface area contributed by atoms with E-state index in [-0.39, 0.29) is 18.5 Å². The topological polar surface area (TPSA) is 95.1 Å². The summed E-state index contributed by atoms with van der Waals surface area (Å²) < 4.78 is 7.06. The van der Waals surface area contributed by atoms with E-state index < -0.39 is 6.10 Å². The van der Waals surface area contributed by atoms with Gasteiger partial charge in [-0.15, -0.1) is 10.2 Å². The molecule has 2 heterocycles. The number of nitrogens with zero attached hydrogens (tertiary/aromatic N) is 3. The number of ether oxygens (including phenoxy) is 1. The molecule has 0 aliphatic carbocycles. The smallest absolute Gasteiger partial charge is 0.251 e. The number of amides is 1. The zero-order chi connectivity index (χ0) is 13.1. The van der Waals surface area contributed by atoms with Gasteiger partial charge in [-0.05, 0) is 13.3 Å². The Kier molecular flexibility index (Phi) is 3.93. The summed E-state index contributed by atoms with van der Waals surface area (Å²) in [5.41, 5.74) is 5.45. The van der Waals surface area contributed by atoms with Gasteiger partial charge in [0, 0.05) is 26.6 Å². The number of aryl methyl sites for hydroxylation is 1. The van der Waals surface area contributed by atoms with Crippen molar-refractivity contribution in [3.63, 3.8) is 0 Å². The molecule has 0 radical (unpaired) electrons. The van der Waals surface area contributed by atoms with Crippen LogP contribution < -0.4 is 11.1 Å². The van der Waals surface area contributed by atoms with E-state index in [1.165, 1.54) is 7.11 Å². The van der Waals surface area contributed by atoms with Crippen LogP contribution in [0.5, 0.6) is 0 Å². The Morgan fingerprint density at radius 3 is 3.06 bits per heavy atom. The van der Waals surface area contributed by atoms with Crippen molar-refractivity contribution in [3.05, 3.63) is 11.6 Å². The van der Waals surface area contributed by atoms with Crippen molar-refractivity contribution in [2.24, 2.45) is 5.73 Å². The Bertz CT molecular complexity index is 427. The van der Waals surface area contributed by atoms with Gasteiger partial charge in [0.25, 0.3) is 5.91 Å². The van der Waals surface area contributed by atoms with Crippen molar-refractivity contribution in [2.75, 3.05) is 13.7 Å². The van der Waals surface area contributed by atoms with Crippen LogP contribution in [0, 0.1) is 0 Å². The fraction of sp³-hybridized carbons (Fsp3) is 0.727. The quantitative estimate of drug-likeness (QED) is 0.729. The molecule has 0 fully saturated rings. The van der Waals surface area contributed by atoms with Crippen molar-refractivity contribution < 1.29 is 9.53 Å². The summed E-state index contributed by atoms with van der Waals surface area (Å²) in [7, 11) is 1.47. The summed E-state index contributed by atoms with van der Waals surface area (Å²) in [5.74, 6) is 1.57. The number of fused-ring (bicyclic) bond motifs is 1. The molecule has 0 spiro atoms. The van der Waals surface area contributed by atoms with Crippen LogP contribution in [0.25, 0.3) is 0 Å². The lowest BCUT2D eigenvalue weighted by Crippen LogP contribution is -2.42. The van der Waals surface area contributed by atoms with Gasteiger partial charge in [0.15, 0.2) is 5.82 Å². The lowest BCUT2D eigenvalue weighted by Gasteiger charge is -2.17. The zero-order valence-electron chi connectivity index (χ0n) is 10.7. The molecule has 100 valence electrons. The minimum atomic E-state index is -0.617. The van der Waals surface area contributed by atoms with Crippen LogP contribution in [0.4, 0.5) is 0 Å². The molecule has 0 aromatic carbocycles. The van der Waals surface area contributed by atoms with Crippen LogP contribution in [0.1, 0.15) is 31.0 Å². The van der Waals surface area contributed by atoms with Gasteiger partial charge in [-0.25, -0.2) is 0 Å². The van der Waals surface area contributed by atoms with Gasteiger partial charge in [-0.3, -0.25) is 4.79 Å². The van der Waals surface area contributed by atoms with E-state index in [0.717, 1.165) is 31.0 Å². The van der Waals surface area contributed by atoms with Crippen LogP contribution >= 0.6 is 0 Å². The number of nitrogens with one attached hydrogen (secondary N) is 1. The first-order valence-corrected chi connectivity index (χ1v) is 6.12. The van der Waals surface area contributed by atoms with Crippen molar-refractivity contribution in [2.45, 2.75) is 38.5 Å².